The summed E-state index contributed by atoms with van der Waals surface area (Å²) in [5.74, 6) is -16.5. The highest BCUT2D eigenvalue weighted by Crippen LogP contribution is 2.19. The zero-order chi connectivity index (χ0) is 65.3. The van der Waals surface area contributed by atoms with Gasteiger partial charge in [0.1, 0.15) is 18.1 Å². The van der Waals surface area contributed by atoms with Gasteiger partial charge in [0.2, 0.25) is 29.5 Å². The third-order valence-electron chi connectivity index (χ3n) is 13.4. The molecule has 476 valence electrons. The molecule has 88 heavy (non-hydrogen) atoms. The van der Waals surface area contributed by atoms with Gasteiger partial charge in [-0.1, -0.05) is 91.0 Å². The molecule has 3 rings (SSSR count). The van der Waals surface area contributed by atoms with Crippen LogP contribution in [0, 0.1) is 11.8 Å². The largest absolute Gasteiger partial charge is 0.481 e. The molecule has 0 spiro atoms. The zero-order valence-electron chi connectivity index (χ0n) is 47.5. The number of Topliss-reactive ketones (excluding diaryl/α,β-unsaturated/α-hetero) is 3. The van der Waals surface area contributed by atoms with E-state index in [1.165, 1.54) is 0 Å². The van der Waals surface area contributed by atoms with Crippen LogP contribution in [0.25, 0.3) is 0 Å². The van der Waals surface area contributed by atoms with Gasteiger partial charge in [-0.3, -0.25) is 57.5 Å². The van der Waals surface area contributed by atoms with Gasteiger partial charge in [0, 0.05) is 50.2 Å². The summed E-state index contributed by atoms with van der Waals surface area (Å²) < 4.78 is 4.76. The minimum Gasteiger partial charge on any atom is -0.481 e. The number of nitrogens with one attached hydrogen (secondary N) is 7. The Morgan fingerprint density at radius 2 is 1.01 bits per heavy atom. The van der Waals surface area contributed by atoms with Crippen LogP contribution in [0.3, 0.4) is 0 Å². The molecular weight excluding hydrogens is 1190 g/mol. The number of aliphatic carboxylic acids is 5. The second-order valence-electron chi connectivity index (χ2n) is 20.3. The van der Waals surface area contributed by atoms with E-state index >= 15 is 0 Å². The van der Waals surface area contributed by atoms with Gasteiger partial charge in [-0.15, -0.1) is 0 Å². The van der Waals surface area contributed by atoms with Crippen LogP contribution in [0.5, 0.6) is 0 Å². The van der Waals surface area contributed by atoms with Gasteiger partial charge in [0.05, 0.1) is 43.4 Å². The summed E-state index contributed by atoms with van der Waals surface area (Å²) >= 11 is 8.96. The Bertz CT molecular complexity index is 2930. The number of rotatable bonds is 43. The van der Waals surface area contributed by atoms with E-state index in [0.717, 1.165) is 0 Å². The van der Waals surface area contributed by atoms with Crippen molar-refractivity contribution in [3.05, 3.63) is 108 Å². The predicted octanol–water partition coefficient (Wildman–Crippen LogP) is 0.0126. The Balaban J connectivity index is 1.69. The van der Waals surface area contributed by atoms with E-state index in [4.69, 9.17) is 27.8 Å². The lowest BCUT2D eigenvalue weighted by atomic mass is 9.91. The number of ether oxygens (including phenoxy) is 1. The minimum atomic E-state index is -1.75. The Morgan fingerprint density at radius 3 is 1.52 bits per heavy atom. The van der Waals surface area contributed by atoms with Crippen LogP contribution in [0.1, 0.15) is 87.3 Å². The zero-order valence-corrected chi connectivity index (χ0v) is 49.3. The normalized spacial score (nSPS) is 13.9. The molecule has 0 unspecified atom stereocenters. The Kier molecular flexibility index (Phi) is 32.2. The van der Waals surface area contributed by atoms with Crippen LogP contribution in [0.15, 0.2) is 91.0 Å². The fraction of sp³-hybridized carbons (Fsp3) is 0.431. The van der Waals surface area contributed by atoms with Crippen molar-refractivity contribution < 1.29 is 97.4 Å². The molecule has 0 aliphatic carbocycles. The maximum absolute atomic E-state index is 14.2. The summed E-state index contributed by atoms with van der Waals surface area (Å²) in [6, 6.07) is 16.6. The highest BCUT2D eigenvalue weighted by atomic mass is 32.1. The number of carbonyl (C=O) groups excluding carboxylic acids is 9. The lowest BCUT2D eigenvalue weighted by Gasteiger charge is -2.23. The van der Waals surface area contributed by atoms with E-state index in [1.54, 1.807) is 91.0 Å². The second-order valence-corrected chi connectivity index (χ2v) is 21.0. The molecule has 3 aromatic carbocycles. The first kappa shape index (κ1) is 73.1. The number of carbonyl (C=O) groups is 14. The van der Waals surface area contributed by atoms with Crippen LogP contribution in [-0.4, -0.2) is 169 Å². The summed E-state index contributed by atoms with van der Waals surface area (Å²) in [5.41, 5.74) is 7.90. The summed E-state index contributed by atoms with van der Waals surface area (Å²) in [7, 11) is 0. The maximum atomic E-state index is 14.2. The highest BCUT2D eigenvalue weighted by Gasteiger charge is 2.33. The summed E-state index contributed by atoms with van der Waals surface area (Å²) in [4.78, 5) is 178. The molecule has 0 radical (unpaired) electrons. The average Bonchev–Trinajstić information content (AvgIpc) is 3.56. The van der Waals surface area contributed by atoms with Crippen molar-refractivity contribution in [2.45, 2.75) is 132 Å². The summed E-state index contributed by atoms with van der Waals surface area (Å²) in [6.07, 6.45) is -6.66. The van der Waals surface area contributed by atoms with Crippen molar-refractivity contribution in [3.63, 3.8) is 0 Å². The van der Waals surface area contributed by atoms with E-state index < -0.39 is 195 Å². The standard InChI is InChI=1S/C58H72N8O20S2/c59-39(53(78)63-43(29-51(75)76)54(79)64-44(31-87)57(84)85)17-19-45(69)41(25-34-12-6-2-7-13-34)62-52(77)37(24-33-10-4-1-5-11-33)27-38(68)30-60-47(71)20-16-36(55(80)81)28-46(70)42(26-35-14-8-3-9-15-35)61-48(72)21-18-40(56(82)83)65-58(88)66-49(86-32-67)22-23-50(73)74/h1-15,32,36-37,39-44,49,87H,16-31,59H2,(H,60,71)(H,61,72)(H,62,77)(H,63,78)(H,64,79)(H,73,74)(H,75,76)(H,80,81)(H,82,83)(H,84,85)(H2,65,66,88)/t36-,37+,39-,40-,41-,42-,43-,44-,49+/m0/s1. The molecule has 14 N–H and O–H groups in total. The molecule has 0 aromatic heterocycles. The molecule has 28 nitrogen and oxygen atoms in total. The van der Waals surface area contributed by atoms with Crippen molar-refractivity contribution in [2.24, 2.45) is 17.6 Å². The van der Waals surface area contributed by atoms with E-state index in [2.05, 4.69) is 49.8 Å². The van der Waals surface area contributed by atoms with Crippen LogP contribution in [0.2, 0.25) is 0 Å². The molecule has 0 saturated heterocycles. The van der Waals surface area contributed by atoms with E-state index in [9.17, 15) is 87.5 Å². The molecule has 5 amide bonds. The van der Waals surface area contributed by atoms with Crippen molar-refractivity contribution in [1.82, 2.24) is 37.2 Å². The van der Waals surface area contributed by atoms with Gasteiger partial charge >= 0.3 is 29.8 Å². The van der Waals surface area contributed by atoms with Gasteiger partial charge in [-0.25, -0.2) is 9.59 Å². The van der Waals surface area contributed by atoms with Crippen LogP contribution < -0.4 is 43.0 Å². The van der Waals surface area contributed by atoms with Crippen molar-refractivity contribution in [1.29, 1.82) is 0 Å². The minimum absolute atomic E-state index is 0.0119. The molecule has 0 heterocycles. The van der Waals surface area contributed by atoms with E-state index in [0.29, 0.717) is 16.7 Å². The molecule has 0 fully saturated rings. The average molecular weight is 1270 g/mol. The third-order valence-corrected chi connectivity index (χ3v) is 14.0. The SMILES string of the molecule is N[C@@H](CCC(=O)[C@H](Cc1ccccc1)NC(=O)[C@@H](CC(=O)CNC(=O)CC[C@@H](CC(=O)[C@H](Cc1ccccc1)NC(=O)CC[C@H](NC(=S)N[C@@H](CCC(=O)O)OC=O)C(=O)O)C(=O)O)Cc1ccccc1)C(=O)N[C@@H](CC(=O)O)C(=O)N[C@@H](CS)C(=O)O. The number of benzene rings is 3. The third kappa shape index (κ3) is 28.4. The van der Waals surface area contributed by atoms with Gasteiger partial charge in [0.15, 0.2) is 28.7 Å². The molecular formula is C58H72N8O20S2. The van der Waals surface area contributed by atoms with Crippen LogP contribution >= 0.6 is 24.8 Å². The smallest absolute Gasteiger partial charge is 0.327 e. The number of ketones is 3. The maximum Gasteiger partial charge on any atom is 0.327 e. The lowest BCUT2D eigenvalue weighted by molar-refractivity contribution is -0.145. The molecule has 3 aromatic rings. The monoisotopic (exact) mass is 1260 g/mol. The van der Waals surface area contributed by atoms with E-state index in [-0.39, 0.29) is 49.4 Å². The van der Waals surface area contributed by atoms with Crippen molar-refractivity contribution in [2.75, 3.05) is 12.3 Å². The van der Waals surface area contributed by atoms with Crippen LogP contribution in [0.4, 0.5) is 0 Å². The Hall–Kier alpha value is -9.16. The number of hydrogen-bond acceptors (Lipinski definition) is 18. The van der Waals surface area contributed by atoms with Gasteiger partial charge in [-0.2, -0.15) is 12.6 Å². The van der Waals surface area contributed by atoms with Crippen LogP contribution in [-0.2, 0) is 91.1 Å². The number of thiocarbonyl (C=S) groups is 1. The number of thiol groups is 1. The van der Waals surface area contributed by atoms with Gasteiger partial charge in [0.25, 0.3) is 6.47 Å². The second kappa shape index (κ2) is 38.8. The Labute approximate surface area is 515 Å². The molecule has 0 bridgehead atoms. The summed E-state index contributed by atoms with van der Waals surface area (Å²) in [5, 5.41) is 64.2. The molecule has 0 aliphatic heterocycles. The Morgan fingerprint density at radius 1 is 0.489 bits per heavy atom. The molecule has 9 atom stereocenters. The number of carboxylic acids is 5. The molecule has 30 heteroatoms. The number of hydrogen-bond donors (Lipinski definition) is 14. The van der Waals surface area contributed by atoms with Crippen molar-refractivity contribution >= 4 is 113 Å². The summed E-state index contributed by atoms with van der Waals surface area (Å²) in [6.45, 7) is -0.572. The topological polar surface area (TPSA) is 460 Å². The fourth-order valence-electron chi connectivity index (χ4n) is 8.64. The van der Waals surface area contributed by atoms with E-state index in [1.807, 2.05) is 0 Å². The number of carboxylic acid groups (broad SMARTS) is 5. The molecule has 0 aliphatic rings. The number of nitrogens with two attached hydrogens (primary N) is 1. The fourth-order valence-corrected chi connectivity index (χ4v) is 9.16. The first-order valence-corrected chi connectivity index (χ1v) is 28.6. The van der Waals surface area contributed by atoms with Gasteiger partial charge < -0.3 is 73.2 Å². The first-order valence-electron chi connectivity index (χ1n) is 27.6. The lowest BCUT2D eigenvalue weighted by Crippen LogP contribution is -2.55. The first-order chi connectivity index (χ1) is 41.8. The van der Waals surface area contributed by atoms with Gasteiger partial charge in [-0.05, 0) is 67.4 Å². The highest BCUT2D eigenvalue weighted by molar-refractivity contribution is 7.80. The molecule has 0 saturated carbocycles. The quantitative estimate of drug-likeness (QED) is 0.0154. The number of amides is 5. The predicted molar refractivity (Wildman–Crippen MR) is 318 cm³/mol. The van der Waals surface area contributed by atoms with Crippen molar-refractivity contribution in [3.8, 4) is 0 Å².